The minimum Gasteiger partial charge on any atom is -0.493 e. The summed E-state index contributed by atoms with van der Waals surface area (Å²) in [5.74, 6) is 2.00. The van der Waals surface area contributed by atoms with E-state index in [1.54, 1.807) is 11.8 Å². The minimum atomic E-state index is 0.498. The van der Waals surface area contributed by atoms with E-state index in [-0.39, 0.29) is 0 Å². The molecule has 0 N–H and O–H groups in total. The molecule has 0 spiro atoms. The second kappa shape index (κ2) is 11.3. The summed E-state index contributed by atoms with van der Waals surface area (Å²) in [6.45, 7) is 11.7. The number of aryl methyl sites for hydroxylation is 1. The molecule has 2 aromatic carbocycles. The first-order valence-corrected chi connectivity index (χ1v) is 11.7. The molecule has 1 nitrogen and oxygen atoms in total. The van der Waals surface area contributed by atoms with E-state index in [1.165, 1.54) is 11.1 Å². The zero-order chi connectivity index (χ0) is 20.7. The van der Waals surface area contributed by atoms with Gasteiger partial charge in [0.25, 0.3) is 0 Å². The molecule has 0 heterocycles. The van der Waals surface area contributed by atoms with Crippen LogP contribution >= 0.6 is 37.0 Å². The number of hydrogen-bond donors (Lipinski definition) is 2. The molecule has 1 atom stereocenters. The molecule has 2 rings (SSSR count). The van der Waals surface area contributed by atoms with Gasteiger partial charge in [-0.25, -0.2) is 0 Å². The van der Waals surface area contributed by atoms with Crippen molar-refractivity contribution in [1.82, 2.24) is 0 Å². The standard InChI is InChI=1S/C24H32OS3/c1-6-18(5)19-9-12-22(25-14-13-16(2)3)21(15-19)23(26)24(27)28-20-10-7-17(4)8-11-20/h7-12,15-16,18,26-27H,6,13-14H2,1-5H3/b24-23+. The zero-order valence-electron chi connectivity index (χ0n) is 17.5. The fourth-order valence-corrected chi connectivity index (χ4v) is 4.14. The summed E-state index contributed by atoms with van der Waals surface area (Å²) in [6, 6.07) is 14.9. The van der Waals surface area contributed by atoms with Crippen LogP contribution in [0.25, 0.3) is 4.91 Å². The molecule has 1 unspecified atom stereocenters. The maximum atomic E-state index is 6.13. The highest BCUT2D eigenvalue weighted by molar-refractivity contribution is 8.17. The second-order valence-corrected chi connectivity index (χ2v) is 9.95. The van der Waals surface area contributed by atoms with E-state index >= 15 is 0 Å². The van der Waals surface area contributed by atoms with Crippen LogP contribution in [0.5, 0.6) is 5.75 Å². The van der Waals surface area contributed by atoms with Crippen LogP contribution in [0.3, 0.4) is 0 Å². The summed E-state index contributed by atoms with van der Waals surface area (Å²) >= 11 is 11.2. The van der Waals surface area contributed by atoms with Crippen molar-refractivity contribution in [2.45, 2.75) is 58.3 Å². The van der Waals surface area contributed by atoms with Crippen LogP contribution in [0.15, 0.2) is 51.6 Å². The van der Waals surface area contributed by atoms with E-state index in [9.17, 15) is 0 Å². The van der Waals surface area contributed by atoms with Gasteiger partial charge in [0.15, 0.2) is 0 Å². The van der Waals surface area contributed by atoms with E-state index in [1.807, 2.05) is 0 Å². The Hall–Kier alpha value is -0.970. The molecule has 0 amide bonds. The summed E-state index contributed by atoms with van der Waals surface area (Å²) in [6.07, 6.45) is 2.13. The number of hydrogen-bond acceptors (Lipinski definition) is 4. The molecule has 28 heavy (non-hydrogen) atoms. The highest BCUT2D eigenvalue weighted by Crippen LogP contribution is 2.41. The van der Waals surface area contributed by atoms with E-state index in [0.29, 0.717) is 18.4 Å². The molecule has 0 radical (unpaired) electrons. The van der Waals surface area contributed by atoms with E-state index < -0.39 is 0 Å². The van der Waals surface area contributed by atoms with Crippen LogP contribution in [0.2, 0.25) is 0 Å². The molecule has 2 aromatic rings. The largest absolute Gasteiger partial charge is 0.493 e. The normalized spacial score (nSPS) is 13.4. The topological polar surface area (TPSA) is 9.23 Å². The van der Waals surface area contributed by atoms with Crippen molar-refractivity contribution in [2.75, 3.05) is 6.61 Å². The maximum absolute atomic E-state index is 6.13. The Labute approximate surface area is 186 Å². The van der Waals surface area contributed by atoms with Gasteiger partial charge in [-0.2, -0.15) is 0 Å². The first-order valence-electron chi connectivity index (χ1n) is 9.95. The molecule has 0 fully saturated rings. The average Bonchev–Trinajstić information content (AvgIpc) is 2.68. The molecule has 0 aromatic heterocycles. The summed E-state index contributed by atoms with van der Waals surface area (Å²) in [5, 5.41) is 0. The van der Waals surface area contributed by atoms with Gasteiger partial charge in [0, 0.05) is 15.4 Å². The Balaban J connectivity index is 2.35. The Morgan fingerprint density at radius 2 is 1.71 bits per heavy atom. The third-order valence-corrected chi connectivity index (χ3v) is 7.03. The molecule has 0 aliphatic carbocycles. The molecule has 0 saturated carbocycles. The van der Waals surface area contributed by atoms with Gasteiger partial charge in [0.1, 0.15) is 5.75 Å². The number of thiol groups is 2. The Morgan fingerprint density at radius 1 is 1.04 bits per heavy atom. The predicted octanol–water partition coefficient (Wildman–Crippen LogP) is 8.21. The van der Waals surface area contributed by atoms with Gasteiger partial charge in [-0.15, -0.1) is 25.3 Å². The molecular formula is C24H32OS3. The Kier molecular flexibility index (Phi) is 9.39. The molecule has 0 saturated heterocycles. The van der Waals surface area contributed by atoms with Gasteiger partial charge in [-0.05, 0) is 61.4 Å². The van der Waals surface area contributed by atoms with E-state index in [4.69, 9.17) is 30.0 Å². The molecule has 0 bridgehead atoms. The van der Waals surface area contributed by atoms with Crippen molar-refractivity contribution >= 4 is 41.9 Å². The van der Waals surface area contributed by atoms with Crippen LogP contribution in [0, 0.1) is 12.8 Å². The zero-order valence-corrected chi connectivity index (χ0v) is 20.1. The van der Waals surface area contributed by atoms with Gasteiger partial charge in [0.2, 0.25) is 0 Å². The smallest absolute Gasteiger partial charge is 0.127 e. The highest BCUT2D eigenvalue weighted by Gasteiger charge is 2.14. The third-order valence-electron chi connectivity index (χ3n) is 4.83. The molecular weight excluding hydrogens is 400 g/mol. The van der Waals surface area contributed by atoms with Gasteiger partial charge in [-0.3, -0.25) is 0 Å². The fourth-order valence-electron chi connectivity index (χ4n) is 2.69. The molecule has 4 heteroatoms. The molecule has 0 aliphatic rings. The van der Waals surface area contributed by atoms with Crippen molar-refractivity contribution in [3.8, 4) is 5.75 Å². The monoisotopic (exact) mass is 432 g/mol. The van der Waals surface area contributed by atoms with Crippen molar-refractivity contribution in [1.29, 1.82) is 0 Å². The van der Waals surface area contributed by atoms with Gasteiger partial charge in [0.05, 0.1) is 10.8 Å². The molecule has 152 valence electrons. The van der Waals surface area contributed by atoms with Crippen molar-refractivity contribution < 1.29 is 4.74 Å². The Bertz CT molecular complexity index is 794. The van der Waals surface area contributed by atoms with Gasteiger partial charge in [-0.1, -0.05) is 63.2 Å². The lowest BCUT2D eigenvalue weighted by molar-refractivity contribution is 0.289. The van der Waals surface area contributed by atoms with Crippen LogP contribution < -0.4 is 4.74 Å². The number of rotatable bonds is 9. The van der Waals surface area contributed by atoms with E-state index in [2.05, 4.69) is 77.1 Å². The second-order valence-electron chi connectivity index (χ2n) is 7.66. The van der Waals surface area contributed by atoms with Crippen LogP contribution in [0.4, 0.5) is 0 Å². The van der Waals surface area contributed by atoms with Crippen molar-refractivity contribution in [3.05, 3.63) is 63.4 Å². The first kappa shape index (κ1) is 23.3. The third kappa shape index (κ3) is 6.82. The van der Waals surface area contributed by atoms with Crippen LogP contribution in [0.1, 0.15) is 63.1 Å². The lowest BCUT2D eigenvalue weighted by atomic mass is 9.96. The Morgan fingerprint density at radius 3 is 2.32 bits per heavy atom. The maximum Gasteiger partial charge on any atom is 0.127 e. The van der Waals surface area contributed by atoms with Crippen LogP contribution in [-0.2, 0) is 0 Å². The number of ether oxygens (including phenoxy) is 1. The average molecular weight is 433 g/mol. The lowest BCUT2D eigenvalue weighted by Crippen LogP contribution is -2.04. The minimum absolute atomic E-state index is 0.498. The highest BCUT2D eigenvalue weighted by atomic mass is 32.2. The predicted molar refractivity (Wildman–Crippen MR) is 132 cm³/mol. The van der Waals surface area contributed by atoms with E-state index in [0.717, 1.165) is 38.2 Å². The summed E-state index contributed by atoms with van der Waals surface area (Å²) in [5.41, 5.74) is 3.58. The number of thioether (sulfide) groups is 1. The molecule has 0 aliphatic heterocycles. The number of benzene rings is 2. The summed E-state index contributed by atoms with van der Waals surface area (Å²) < 4.78 is 7.00. The first-order chi connectivity index (χ1) is 13.3. The summed E-state index contributed by atoms with van der Waals surface area (Å²) in [4.78, 5) is 2.01. The summed E-state index contributed by atoms with van der Waals surface area (Å²) in [7, 11) is 0. The van der Waals surface area contributed by atoms with Gasteiger partial charge >= 0.3 is 0 Å². The van der Waals surface area contributed by atoms with Crippen molar-refractivity contribution in [2.24, 2.45) is 5.92 Å². The van der Waals surface area contributed by atoms with Crippen LogP contribution in [-0.4, -0.2) is 6.61 Å². The van der Waals surface area contributed by atoms with Gasteiger partial charge < -0.3 is 4.74 Å². The van der Waals surface area contributed by atoms with Crippen molar-refractivity contribution in [3.63, 3.8) is 0 Å². The fraction of sp³-hybridized carbons (Fsp3) is 0.417. The SMILES string of the molecule is CCC(C)c1ccc(OCCC(C)C)c(/C(S)=C(/S)Sc2ccc(C)cc2)c1. The lowest BCUT2D eigenvalue weighted by Gasteiger charge is -2.17. The quantitative estimate of drug-likeness (QED) is 0.305.